The van der Waals surface area contributed by atoms with Crippen molar-refractivity contribution in [1.82, 2.24) is 0 Å². The van der Waals surface area contributed by atoms with Crippen LogP contribution in [0.5, 0.6) is 11.5 Å². The Morgan fingerprint density at radius 2 is 0.788 bits per heavy atom. The van der Waals surface area contributed by atoms with Crippen LogP contribution in [0, 0.1) is 6.92 Å². The standard InChI is InChI=1S/C48H32O4/c1-25-19-26-11-13-30-23-39(49)45(33-17-15-27(20-25)41(26)43(30)33)46-34-18-16-29-22-32(21-28-12-14-31(24-40(46)50)44(34)42(28)29)48(52)37-9-5-3-7-35(37)47(2,51)36-8-4-6-10-38(36)48/h3-24,49-52H,1-2H3. The van der Waals surface area contributed by atoms with E-state index in [4.69, 9.17) is 0 Å². The van der Waals surface area contributed by atoms with E-state index in [-0.39, 0.29) is 11.5 Å². The summed E-state index contributed by atoms with van der Waals surface area (Å²) >= 11 is 0. The lowest BCUT2D eigenvalue weighted by Gasteiger charge is -2.43. The summed E-state index contributed by atoms with van der Waals surface area (Å²) in [6.07, 6.45) is 0. The molecule has 0 spiro atoms. The Morgan fingerprint density at radius 3 is 1.23 bits per heavy atom. The van der Waals surface area contributed by atoms with Gasteiger partial charge in [0, 0.05) is 11.1 Å². The molecule has 0 unspecified atom stereocenters. The number of phenolic OH excluding ortho intramolecular Hbond substituents is 2. The van der Waals surface area contributed by atoms with Crippen LogP contribution in [0.1, 0.15) is 40.3 Å². The van der Waals surface area contributed by atoms with Crippen molar-refractivity contribution in [3.05, 3.63) is 167 Å². The summed E-state index contributed by atoms with van der Waals surface area (Å²) in [5, 5.41) is 60.3. The first-order valence-electron chi connectivity index (χ1n) is 17.7. The van der Waals surface area contributed by atoms with Gasteiger partial charge in [0.05, 0.1) is 0 Å². The fraction of sp³-hybridized carbons (Fsp3) is 0.0833. The Kier molecular flexibility index (Phi) is 5.55. The minimum absolute atomic E-state index is 0.101. The number of rotatable bonds is 2. The largest absolute Gasteiger partial charge is 0.507 e. The summed E-state index contributed by atoms with van der Waals surface area (Å²) in [6.45, 7) is 3.90. The van der Waals surface area contributed by atoms with Gasteiger partial charge in [-0.15, -0.1) is 0 Å². The second-order valence-electron chi connectivity index (χ2n) is 14.9. The van der Waals surface area contributed by atoms with Gasteiger partial charge in [-0.3, -0.25) is 0 Å². The monoisotopic (exact) mass is 672 g/mol. The van der Waals surface area contributed by atoms with E-state index >= 15 is 0 Å². The molecule has 0 atom stereocenters. The molecule has 0 heterocycles. The number of benzene rings is 10. The van der Waals surface area contributed by atoms with Gasteiger partial charge < -0.3 is 20.4 Å². The van der Waals surface area contributed by atoms with E-state index in [1.54, 1.807) is 13.0 Å². The van der Waals surface area contributed by atoms with Crippen molar-refractivity contribution < 1.29 is 20.4 Å². The van der Waals surface area contributed by atoms with Gasteiger partial charge in [-0.2, -0.15) is 0 Å². The molecule has 1 aliphatic carbocycles. The van der Waals surface area contributed by atoms with Crippen LogP contribution in [-0.4, -0.2) is 20.4 Å². The smallest absolute Gasteiger partial charge is 0.141 e. The third kappa shape index (κ3) is 3.58. The molecule has 4 nitrogen and oxygen atoms in total. The van der Waals surface area contributed by atoms with Gasteiger partial charge in [-0.1, -0.05) is 109 Å². The van der Waals surface area contributed by atoms with Crippen LogP contribution in [0.25, 0.3) is 75.8 Å². The van der Waals surface area contributed by atoms with E-state index in [0.29, 0.717) is 38.9 Å². The Bertz CT molecular complexity index is 3070. The molecule has 10 aromatic rings. The van der Waals surface area contributed by atoms with Gasteiger partial charge in [0.25, 0.3) is 0 Å². The Balaban J connectivity index is 1.20. The van der Waals surface area contributed by atoms with E-state index in [0.717, 1.165) is 64.6 Å². The molecule has 0 aliphatic heterocycles. The number of fused-ring (bicyclic) bond motifs is 2. The first kappa shape index (κ1) is 29.5. The van der Waals surface area contributed by atoms with Crippen molar-refractivity contribution in [1.29, 1.82) is 0 Å². The summed E-state index contributed by atoms with van der Waals surface area (Å²) in [5.74, 6) is 0.215. The predicted molar refractivity (Wildman–Crippen MR) is 211 cm³/mol. The molecule has 0 radical (unpaired) electrons. The number of aryl methyl sites for hydroxylation is 1. The molecule has 248 valence electrons. The van der Waals surface area contributed by atoms with Crippen LogP contribution < -0.4 is 0 Å². The van der Waals surface area contributed by atoms with Crippen molar-refractivity contribution in [3.63, 3.8) is 0 Å². The zero-order valence-electron chi connectivity index (χ0n) is 28.5. The maximum Gasteiger partial charge on any atom is 0.141 e. The second kappa shape index (κ2) is 9.77. The van der Waals surface area contributed by atoms with Gasteiger partial charge in [0.2, 0.25) is 0 Å². The van der Waals surface area contributed by atoms with E-state index in [9.17, 15) is 20.4 Å². The van der Waals surface area contributed by atoms with E-state index in [1.807, 2.05) is 78.9 Å². The highest BCUT2D eigenvalue weighted by Crippen LogP contribution is 2.54. The van der Waals surface area contributed by atoms with Crippen molar-refractivity contribution in [2.24, 2.45) is 0 Å². The normalized spacial score (nSPS) is 18.7. The number of hydrogen-bond donors (Lipinski definition) is 4. The lowest BCUT2D eigenvalue weighted by molar-refractivity contribution is 0.0616. The third-order valence-electron chi connectivity index (χ3n) is 11.9. The van der Waals surface area contributed by atoms with Crippen molar-refractivity contribution >= 4 is 64.6 Å². The molecule has 10 aromatic carbocycles. The predicted octanol–water partition coefficient (Wildman–Crippen LogP) is 10.7. The summed E-state index contributed by atoms with van der Waals surface area (Å²) < 4.78 is 0. The van der Waals surface area contributed by atoms with E-state index in [1.165, 1.54) is 5.56 Å². The van der Waals surface area contributed by atoms with Crippen LogP contribution in [0.2, 0.25) is 0 Å². The van der Waals surface area contributed by atoms with Crippen LogP contribution in [-0.2, 0) is 11.2 Å². The van der Waals surface area contributed by atoms with Crippen LogP contribution >= 0.6 is 0 Å². The average molecular weight is 673 g/mol. The van der Waals surface area contributed by atoms with Gasteiger partial charge in [-0.05, 0) is 136 Å². The molecule has 0 amide bonds. The van der Waals surface area contributed by atoms with Crippen LogP contribution in [0.3, 0.4) is 0 Å². The fourth-order valence-corrected chi connectivity index (χ4v) is 9.70. The van der Waals surface area contributed by atoms with Crippen molar-refractivity contribution in [2.75, 3.05) is 0 Å². The molecule has 52 heavy (non-hydrogen) atoms. The van der Waals surface area contributed by atoms with Gasteiger partial charge in [-0.25, -0.2) is 0 Å². The highest BCUT2D eigenvalue weighted by atomic mass is 16.3. The summed E-state index contributed by atoms with van der Waals surface area (Å²) in [7, 11) is 0. The van der Waals surface area contributed by atoms with Gasteiger partial charge >= 0.3 is 0 Å². The summed E-state index contributed by atoms with van der Waals surface area (Å²) in [6, 6.07) is 43.8. The van der Waals surface area contributed by atoms with Crippen LogP contribution in [0.4, 0.5) is 0 Å². The van der Waals surface area contributed by atoms with Gasteiger partial charge in [0.15, 0.2) is 0 Å². The number of hydrogen-bond acceptors (Lipinski definition) is 4. The molecule has 1 aliphatic rings. The molecular formula is C48H32O4. The molecule has 0 saturated heterocycles. The lowest BCUT2D eigenvalue weighted by Crippen LogP contribution is -2.42. The third-order valence-corrected chi connectivity index (χ3v) is 11.9. The Hall–Kier alpha value is -6.20. The molecule has 0 saturated carbocycles. The molecule has 0 bridgehead atoms. The Morgan fingerprint density at radius 1 is 0.423 bits per heavy atom. The highest BCUT2D eigenvalue weighted by molar-refractivity contribution is 6.31. The summed E-state index contributed by atoms with van der Waals surface area (Å²) in [4.78, 5) is 0. The quantitative estimate of drug-likeness (QED) is 0.138. The molecule has 4 N–H and O–H groups in total. The van der Waals surface area contributed by atoms with E-state index in [2.05, 4.69) is 55.5 Å². The molecule has 0 fully saturated rings. The Labute approximate surface area is 298 Å². The molecule has 0 aromatic heterocycles. The van der Waals surface area contributed by atoms with Gasteiger partial charge in [0.1, 0.15) is 22.7 Å². The fourth-order valence-electron chi connectivity index (χ4n) is 9.70. The molecular weight excluding hydrogens is 641 g/mol. The second-order valence-corrected chi connectivity index (χ2v) is 14.9. The zero-order valence-corrected chi connectivity index (χ0v) is 28.5. The van der Waals surface area contributed by atoms with E-state index < -0.39 is 11.2 Å². The topological polar surface area (TPSA) is 80.9 Å². The average Bonchev–Trinajstić information content (AvgIpc) is 3.15. The summed E-state index contributed by atoms with van der Waals surface area (Å²) in [5.41, 5.74) is 2.95. The van der Waals surface area contributed by atoms with Crippen molar-refractivity contribution in [2.45, 2.75) is 25.0 Å². The highest BCUT2D eigenvalue weighted by Gasteiger charge is 2.48. The first-order chi connectivity index (χ1) is 25.1. The minimum atomic E-state index is -1.52. The molecule has 11 rings (SSSR count). The number of aliphatic hydroxyl groups is 2. The lowest BCUT2D eigenvalue weighted by atomic mass is 9.65. The SMILES string of the molecule is Cc1cc2ccc3cc(O)c(-c4c(O)cc5ccc6cc(C7(O)c8ccccc8C(C)(O)c8ccccc87)cc7ccc4c5c67)c4ccc(c1)c2c34. The van der Waals surface area contributed by atoms with Crippen LogP contribution in [0.15, 0.2) is 133 Å². The maximum atomic E-state index is 13.0. The number of phenols is 2. The number of aromatic hydroxyl groups is 2. The first-order valence-corrected chi connectivity index (χ1v) is 17.7. The molecule has 4 heteroatoms. The maximum absolute atomic E-state index is 13.0. The zero-order chi connectivity index (χ0) is 35.3. The minimum Gasteiger partial charge on any atom is -0.507 e. The van der Waals surface area contributed by atoms with Crippen molar-refractivity contribution in [3.8, 4) is 22.6 Å².